The fourth-order valence-corrected chi connectivity index (χ4v) is 3.71. The van der Waals surface area contributed by atoms with Gasteiger partial charge >= 0.3 is 6.09 Å². The lowest BCUT2D eigenvalue weighted by Gasteiger charge is -2.20. The molecule has 0 saturated heterocycles. The minimum Gasteiger partial charge on any atom is -0.444 e. The van der Waals surface area contributed by atoms with Crippen LogP contribution in [0.4, 0.5) is 18.0 Å². The molecular weight excluding hydrogens is 449 g/mol. The summed E-state index contributed by atoms with van der Waals surface area (Å²) in [4.78, 5) is 16.1. The van der Waals surface area contributed by atoms with Gasteiger partial charge in [-0.15, -0.1) is 0 Å². The summed E-state index contributed by atoms with van der Waals surface area (Å²) in [5, 5.41) is 8.39. The van der Waals surface area contributed by atoms with E-state index < -0.39 is 29.5 Å². The molecule has 1 aromatic carbocycles. The summed E-state index contributed by atoms with van der Waals surface area (Å²) in [6.07, 6.45) is 1.07. The van der Waals surface area contributed by atoms with Gasteiger partial charge < -0.3 is 15.1 Å². The SMILES string of the molecule is CN1C=C(c2cc3c(-c4ccc(CNC(=O)OC(C)(C)C)c(C(F)F)c4F)ncnn3c2)CN1. The second-order valence-electron chi connectivity index (χ2n) is 8.92. The lowest BCUT2D eigenvalue weighted by molar-refractivity contribution is 0.0522. The van der Waals surface area contributed by atoms with Gasteiger partial charge in [-0.1, -0.05) is 6.07 Å². The number of fused-ring (bicyclic) bond motifs is 1. The van der Waals surface area contributed by atoms with E-state index in [2.05, 4.69) is 20.8 Å². The number of alkyl halides is 2. The predicted octanol–water partition coefficient (Wildman–Crippen LogP) is 4.29. The van der Waals surface area contributed by atoms with E-state index in [1.807, 2.05) is 18.3 Å². The molecule has 0 atom stereocenters. The van der Waals surface area contributed by atoms with Crippen molar-refractivity contribution < 1.29 is 22.7 Å². The van der Waals surface area contributed by atoms with Gasteiger partial charge in [0.2, 0.25) is 0 Å². The first-order valence-corrected chi connectivity index (χ1v) is 10.6. The predicted molar refractivity (Wildman–Crippen MR) is 120 cm³/mol. The Balaban J connectivity index is 1.70. The Hall–Kier alpha value is -3.60. The van der Waals surface area contributed by atoms with E-state index >= 15 is 4.39 Å². The quantitative estimate of drug-likeness (QED) is 0.574. The van der Waals surface area contributed by atoms with Crippen molar-refractivity contribution in [3.63, 3.8) is 0 Å². The van der Waals surface area contributed by atoms with Gasteiger partial charge in [0, 0.05) is 43.7 Å². The van der Waals surface area contributed by atoms with Crippen LogP contribution in [0.1, 0.15) is 43.9 Å². The van der Waals surface area contributed by atoms with E-state index in [1.165, 1.54) is 23.0 Å². The average molecular weight is 474 g/mol. The molecule has 0 bridgehead atoms. The standard InChI is InChI=1S/C23H25F3N6O2/c1-23(2,3)34-22(33)27-8-13-5-6-16(19(24)18(13)21(25)26)20-17-7-14(11-32(17)30-12-28-20)15-9-29-31(4)10-15/h5-7,10-12,21,29H,8-9H2,1-4H3,(H,27,33). The first-order valence-electron chi connectivity index (χ1n) is 10.6. The maximum absolute atomic E-state index is 15.4. The summed E-state index contributed by atoms with van der Waals surface area (Å²) in [6.45, 7) is 5.34. The fraction of sp³-hybridized carbons (Fsp3) is 0.348. The van der Waals surface area contributed by atoms with Gasteiger partial charge in [0.15, 0.2) is 0 Å². The summed E-state index contributed by atoms with van der Waals surface area (Å²) in [6, 6.07) is 4.53. The molecular formula is C23H25F3N6O2. The third-order valence-electron chi connectivity index (χ3n) is 5.21. The van der Waals surface area contributed by atoms with Gasteiger partial charge in [-0.2, -0.15) is 5.10 Å². The van der Waals surface area contributed by atoms with Crippen LogP contribution < -0.4 is 10.7 Å². The van der Waals surface area contributed by atoms with E-state index in [0.717, 1.165) is 11.1 Å². The Kier molecular flexibility index (Phi) is 6.22. The average Bonchev–Trinajstić information content (AvgIpc) is 3.36. The number of hydrogen-bond donors (Lipinski definition) is 2. The topological polar surface area (TPSA) is 83.8 Å². The van der Waals surface area contributed by atoms with Crippen molar-refractivity contribution in [1.29, 1.82) is 0 Å². The van der Waals surface area contributed by atoms with Crippen molar-refractivity contribution in [2.75, 3.05) is 13.6 Å². The van der Waals surface area contributed by atoms with Gasteiger partial charge in [-0.05, 0) is 44.0 Å². The second kappa shape index (κ2) is 8.98. The van der Waals surface area contributed by atoms with Crippen LogP contribution in [0.3, 0.4) is 0 Å². The third-order valence-corrected chi connectivity index (χ3v) is 5.21. The lowest BCUT2D eigenvalue weighted by Crippen LogP contribution is -2.32. The van der Waals surface area contributed by atoms with Gasteiger partial charge in [0.1, 0.15) is 23.4 Å². The zero-order valence-electron chi connectivity index (χ0n) is 19.2. The van der Waals surface area contributed by atoms with Gasteiger partial charge in [-0.25, -0.2) is 32.9 Å². The highest BCUT2D eigenvalue weighted by atomic mass is 19.3. The molecule has 3 aromatic rings. The molecule has 34 heavy (non-hydrogen) atoms. The summed E-state index contributed by atoms with van der Waals surface area (Å²) >= 11 is 0. The molecule has 0 aliphatic carbocycles. The highest BCUT2D eigenvalue weighted by molar-refractivity contribution is 5.82. The van der Waals surface area contributed by atoms with E-state index in [4.69, 9.17) is 4.74 Å². The molecule has 0 saturated carbocycles. The Bertz CT molecular complexity index is 1270. The largest absolute Gasteiger partial charge is 0.444 e. The zero-order chi connectivity index (χ0) is 24.6. The second-order valence-corrected chi connectivity index (χ2v) is 8.92. The van der Waals surface area contributed by atoms with Crippen LogP contribution >= 0.6 is 0 Å². The third kappa shape index (κ3) is 4.84. The number of nitrogens with zero attached hydrogens (tertiary/aromatic N) is 4. The molecule has 180 valence electrons. The maximum atomic E-state index is 15.4. The van der Waals surface area contributed by atoms with Crippen molar-refractivity contribution in [1.82, 2.24) is 30.3 Å². The van der Waals surface area contributed by atoms with Crippen molar-refractivity contribution in [3.8, 4) is 11.3 Å². The lowest BCUT2D eigenvalue weighted by atomic mass is 10.00. The number of rotatable bonds is 5. The van der Waals surface area contributed by atoms with Crippen LogP contribution in [0.5, 0.6) is 0 Å². The minimum absolute atomic E-state index is 0.0477. The fourth-order valence-electron chi connectivity index (χ4n) is 3.71. The van der Waals surface area contributed by atoms with Gasteiger partial charge in [0.05, 0.1) is 11.1 Å². The van der Waals surface area contributed by atoms with Gasteiger partial charge in [0.25, 0.3) is 6.43 Å². The molecule has 1 aliphatic heterocycles. The number of carbonyl (C=O) groups excluding carboxylic acids is 1. The number of amides is 1. The number of halogens is 3. The van der Waals surface area contributed by atoms with E-state index in [1.54, 1.807) is 33.0 Å². The maximum Gasteiger partial charge on any atom is 0.407 e. The van der Waals surface area contributed by atoms with Crippen molar-refractivity contribution in [3.05, 3.63) is 59.4 Å². The number of ether oxygens (including phenoxy) is 1. The van der Waals surface area contributed by atoms with Crippen LogP contribution in [0.15, 0.2) is 36.9 Å². The summed E-state index contributed by atoms with van der Waals surface area (Å²) in [5.41, 5.74) is 3.99. The smallest absolute Gasteiger partial charge is 0.407 e. The first-order chi connectivity index (χ1) is 16.0. The highest BCUT2D eigenvalue weighted by Crippen LogP contribution is 2.34. The molecule has 0 fully saturated rings. The summed E-state index contributed by atoms with van der Waals surface area (Å²) < 4.78 is 49.9. The Morgan fingerprint density at radius 2 is 2.09 bits per heavy atom. The number of benzene rings is 1. The van der Waals surface area contributed by atoms with Crippen LogP contribution in [-0.4, -0.2) is 44.9 Å². The van der Waals surface area contributed by atoms with Crippen molar-refractivity contribution >= 4 is 17.2 Å². The molecule has 0 unspecified atom stereocenters. The number of hydrazine groups is 1. The zero-order valence-corrected chi connectivity index (χ0v) is 19.2. The number of nitrogens with one attached hydrogen (secondary N) is 2. The summed E-state index contributed by atoms with van der Waals surface area (Å²) in [7, 11) is 1.87. The first kappa shape index (κ1) is 23.6. The number of carbonyl (C=O) groups is 1. The summed E-state index contributed by atoms with van der Waals surface area (Å²) in [5.74, 6) is -1.09. The van der Waals surface area contributed by atoms with E-state index in [-0.39, 0.29) is 23.4 Å². The highest BCUT2D eigenvalue weighted by Gasteiger charge is 2.25. The molecule has 3 heterocycles. The van der Waals surface area contributed by atoms with Crippen LogP contribution in [0, 0.1) is 5.82 Å². The Labute approximate surface area is 194 Å². The molecule has 0 spiro atoms. The van der Waals surface area contributed by atoms with Crippen molar-refractivity contribution in [2.45, 2.75) is 39.3 Å². The monoisotopic (exact) mass is 474 g/mol. The molecule has 11 heteroatoms. The molecule has 0 radical (unpaired) electrons. The molecule has 2 N–H and O–H groups in total. The minimum atomic E-state index is -3.10. The van der Waals surface area contributed by atoms with Crippen LogP contribution in [-0.2, 0) is 11.3 Å². The van der Waals surface area contributed by atoms with Crippen LogP contribution in [0.2, 0.25) is 0 Å². The number of aromatic nitrogens is 3. The van der Waals surface area contributed by atoms with E-state index in [9.17, 15) is 13.6 Å². The Morgan fingerprint density at radius 3 is 2.74 bits per heavy atom. The van der Waals surface area contributed by atoms with Crippen molar-refractivity contribution in [2.24, 2.45) is 0 Å². The molecule has 4 rings (SSSR count). The number of hydrogen-bond acceptors (Lipinski definition) is 6. The molecule has 1 aliphatic rings. The van der Waals surface area contributed by atoms with E-state index in [0.29, 0.717) is 12.1 Å². The Morgan fingerprint density at radius 1 is 1.32 bits per heavy atom. The molecule has 1 amide bonds. The van der Waals surface area contributed by atoms with Gasteiger partial charge in [-0.3, -0.25) is 0 Å². The normalized spacial score (nSPS) is 14.1. The van der Waals surface area contributed by atoms with Crippen LogP contribution in [0.25, 0.3) is 22.3 Å². The molecule has 8 nitrogen and oxygen atoms in total. The molecule has 2 aromatic heterocycles. The number of alkyl carbamates (subject to hydrolysis) is 1.